The lowest BCUT2D eigenvalue weighted by atomic mass is 10.1. The van der Waals surface area contributed by atoms with Crippen LogP contribution in [0.4, 0.5) is 0 Å². The number of para-hydroxylation sites is 1. The third-order valence-corrected chi connectivity index (χ3v) is 4.18. The van der Waals surface area contributed by atoms with Gasteiger partial charge >= 0.3 is 0 Å². The second-order valence-electron chi connectivity index (χ2n) is 5.65. The first-order valence-corrected chi connectivity index (χ1v) is 7.71. The molecule has 1 amide bonds. The SMILES string of the molecule is Cc1oc2ccccc2c1CNCCC(=O)N1CCCC1. The maximum Gasteiger partial charge on any atom is 0.223 e. The Labute approximate surface area is 125 Å². The van der Waals surface area contributed by atoms with Crippen molar-refractivity contribution in [3.63, 3.8) is 0 Å². The average Bonchev–Trinajstić information content (AvgIpc) is 3.11. The van der Waals surface area contributed by atoms with Gasteiger partial charge in [-0.05, 0) is 25.8 Å². The summed E-state index contributed by atoms with van der Waals surface area (Å²) in [6, 6.07) is 8.08. The van der Waals surface area contributed by atoms with E-state index in [1.165, 1.54) is 5.56 Å². The van der Waals surface area contributed by atoms with E-state index in [9.17, 15) is 4.79 Å². The summed E-state index contributed by atoms with van der Waals surface area (Å²) in [5.74, 6) is 1.23. The van der Waals surface area contributed by atoms with Crippen LogP contribution >= 0.6 is 0 Å². The van der Waals surface area contributed by atoms with Crippen molar-refractivity contribution in [2.45, 2.75) is 32.7 Å². The van der Waals surface area contributed by atoms with Gasteiger partial charge in [0.2, 0.25) is 5.91 Å². The van der Waals surface area contributed by atoms with Crippen LogP contribution in [0.5, 0.6) is 0 Å². The number of furan rings is 1. The molecule has 21 heavy (non-hydrogen) atoms. The molecule has 3 rings (SSSR count). The van der Waals surface area contributed by atoms with Crippen molar-refractivity contribution in [2.75, 3.05) is 19.6 Å². The molecular weight excluding hydrogens is 264 g/mol. The lowest BCUT2D eigenvalue weighted by molar-refractivity contribution is -0.130. The highest BCUT2D eigenvalue weighted by atomic mass is 16.3. The van der Waals surface area contributed by atoms with Gasteiger partial charge in [-0.2, -0.15) is 0 Å². The van der Waals surface area contributed by atoms with Crippen molar-refractivity contribution in [1.82, 2.24) is 10.2 Å². The zero-order valence-electron chi connectivity index (χ0n) is 12.5. The zero-order valence-corrected chi connectivity index (χ0v) is 12.5. The number of amides is 1. The topological polar surface area (TPSA) is 45.5 Å². The number of hydrogen-bond donors (Lipinski definition) is 1. The lowest BCUT2D eigenvalue weighted by Gasteiger charge is -2.15. The minimum Gasteiger partial charge on any atom is -0.461 e. The van der Waals surface area contributed by atoms with Gasteiger partial charge in [0.1, 0.15) is 11.3 Å². The molecule has 0 bridgehead atoms. The summed E-state index contributed by atoms with van der Waals surface area (Å²) in [6.45, 7) is 5.32. The minimum absolute atomic E-state index is 0.272. The van der Waals surface area contributed by atoms with E-state index >= 15 is 0 Å². The van der Waals surface area contributed by atoms with Crippen LogP contribution < -0.4 is 5.32 Å². The fraction of sp³-hybridized carbons (Fsp3) is 0.471. The fourth-order valence-electron chi connectivity index (χ4n) is 2.97. The van der Waals surface area contributed by atoms with E-state index in [-0.39, 0.29) is 5.91 Å². The number of carbonyl (C=O) groups is 1. The van der Waals surface area contributed by atoms with Crippen LogP contribution in [0.15, 0.2) is 28.7 Å². The van der Waals surface area contributed by atoms with E-state index in [0.717, 1.165) is 49.2 Å². The Morgan fingerprint density at radius 1 is 1.29 bits per heavy atom. The standard InChI is InChI=1S/C17H22N2O2/c1-13-15(14-6-2-3-7-16(14)21-13)12-18-9-8-17(20)19-10-4-5-11-19/h2-3,6-7,18H,4-5,8-12H2,1H3. The van der Waals surface area contributed by atoms with E-state index in [4.69, 9.17) is 4.42 Å². The van der Waals surface area contributed by atoms with Crippen LogP contribution in [0.3, 0.4) is 0 Å². The molecule has 112 valence electrons. The van der Waals surface area contributed by atoms with Gasteiger partial charge in [-0.15, -0.1) is 0 Å². The molecule has 2 heterocycles. The summed E-state index contributed by atoms with van der Waals surface area (Å²) in [4.78, 5) is 13.9. The first kappa shape index (κ1) is 14.1. The number of likely N-dealkylation sites (tertiary alicyclic amines) is 1. The Hall–Kier alpha value is -1.81. The van der Waals surface area contributed by atoms with Crippen molar-refractivity contribution >= 4 is 16.9 Å². The van der Waals surface area contributed by atoms with Gasteiger partial charge in [0.25, 0.3) is 0 Å². The van der Waals surface area contributed by atoms with Gasteiger partial charge in [0.05, 0.1) is 0 Å². The molecule has 0 atom stereocenters. The Morgan fingerprint density at radius 3 is 2.86 bits per heavy atom. The fourth-order valence-corrected chi connectivity index (χ4v) is 2.97. The van der Waals surface area contributed by atoms with Crippen molar-refractivity contribution < 1.29 is 9.21 Å². The molecule has 1 aliphatic rings. The van der Waals surface area contributed by atoms with Crippen LogP contribution in [0.1, 0.15) is 30.6 Å². The second kappa shape index (κ2) is 6.31. The Morgan fingerprint density at radius 2 is 2.05 bits per heavy atom. The number of nitrogens with zero attached hydrogens (tertiary/aromatic N) is 1. The summed E-state index contributed by atoms with van der Waals surface area (Å²) in [5.41, 5.74) is 2.12. The van der Waals surface area contributed by atoms with Crippen molar-refractivity contribution in [2.24, 2.45) is 0 Å². The normalized spacial score (nSPS) is 15.0. The predicted octanol–water partition coefficient (Wildman–Crippen LogP) is 2.84. The number of benzene rings is 1. The van der Waals surface area contributed by atoms with Crippen LogP contribution in [-0.4, -0.2) is 30.4 Å². The molecule has 1 saturated heterocycles. The summed E-state index contributed by atoms with van der Waals surface area (Å²) in [5, 5.41) is 4.53. The number of aryl methyl sites for hydroxylation is 1. The van der Waals surface area contributed by atoms with Crippen LogP contribution in [-0.2, 0) is 11.3 Å². The number of nitrogens with one attached hydrogen (secondary N) is 1. The molecule has 1 N–H and O–H groups in total. The largest absolute Gasteiger partial charge is 0.461 e. The molecule has 0 saturated carbocycles. The molecule has 0 radical (unpaired) electrons. The molecular formula is C17H22N2O2. The van der Waals surface area contributed by atoms with Crippen molar-refractivity contribution in [3.8, 4) is 0 Å². The van der Waals surface area contributed by atoms with Gasteiger partial charge in [-0.1, -0.05) is 18.2 Å². The molecule has 1 aliphatic heterocycles. The molecule has 0 spiro atoms. The van der Waals surface area contributed by atoms with Gasteiger partial charge < -0.3 is 14.6 Å². The van der Waals surface area contributed by atoms with E-state index in [0.29, 0.717) is 13.0 Å². The Kier molecular flexibility index (Phi) is 4.25. The quantitative estimate of drug-likeness (QED) is 0.860. The average molecular weight is 286 g/mol. The van der Waals surface area contributed by atoms with Crippen LogP contribution in [0.2, 0.25) is 0 Å². The highest BCUT2D eigenvalue weighted by Crippen LogP contribution is 2.24. The highest BCUT2D eigenvalue weighted by Gasteiger charge is 2.17. The minimum atomic E-state index is 0.272. The van der Waals surface area contributed by atoms with E-state index < -0.39 is 0 Å². The monoisotopic (exact) mass is 286 g/mol. The van der Waals surface area contributed by atoms with Crippen molar-refractivity contribution in [1.29, 1.82) is 0 Å². The molecule has 2 aromatic rings. The van der Waals surface area contributed by atoms with E-state index in [1.807, 2.05) is 30.0 Å². The number of rotatable bonds is 5. The Balaban J connectivity index is 1.52. The lowest BCUT2D eigenvalue weighted by Crippen LogP contribution is -2.30. The van der Waals surface area contributed by atoms with Gasteiger partial charge in [0, 0.05) is 43.5 Å². The summed E-state index contributed by atoms with van der Waals surface area (Å²) in [6.07, 6.45) is 2.88. The first-order chi connectivity index (χ1) is 10.3. The Bertz CT molecular complexity index is 627. The summed E-state index contributed by atoms with van der Waals surface area (Å²) in [7, 11) is 0. The van der Waals surface area contributed by atoms with Crippen LogP contribution in [0, 0.1) is 6.92 Å². The summed E-state index contributed by atoms with van der Waals surface area (Å²) < 4.78 is 5.74. The molecule has 0 aliphatic carbocycles. The summed E-state index contributed by atoms with van der Waals surface area (Å²) >= 11 is 0. The highest BCUT2D eigenvalue weighted by molar-refractivity contribution is 5.82. The number of hydrogen-bond acceptors (Lipinski definition) is 3. The maximum absolute atomic E-state index is 12.0. The van der Waals surface area contributed by atoms with Crippen LogP contribution in [0.25, 0.3) is 11.0 Å². The zero-order chi connectivity index (χ0) is 14.7. The molecule has 1 aromatic heterocycles. The maximum atomic E-state index is 12.0. The third-order valence-electron chi connectivity index (χ3n) is 4.18. The first-order valence-electron chi connectivity index (χ1n) is 7.71. The molecule has 1 aromatic carbocycles. The van der Waals surface area contributed by atoms with Gasteiger partial charge in [-0.25, -0.2) is 0 Å². The second-order valence-corrected chi connectivity index (χ2v) is 5.65. The third kappa shape index (κ3) is 3.10. The molecule has 4 heteroatoms. The van der Waals surface area contributed by atoms with Crippen molar-refractivity contribution in [3.05, 3.63) is 35.6 Å². The van der Waals surface area contributed by atoms with Gasteiger partial charge in [0.15, 0.2) is 0 Å². The van der Waals surface area contributed by atoms with E-state index in [1.54, 1.807) is 0 Å². The smallest absolute Gasteiger partial charge is 0.223 e. The predicted molar refractivity (Wildman–Crippen MR) is 83.1 cm³/mol. The van der Waals surface area contributed by atoms with Gasteiger partial charge in [-0.3, -0.25) is 4.79 Å². The van der Waals surface area contributed by atoms with E-state index in [2.05, 4.69) is 11.4 Å². The molecule has 0 unspecified atom stereocenters. The molecule has 4 nitrogen and oxygen atoms in total. The molecule has 1 fully saturated rings. The number of fused-ring (bicyclic) bond motifs is 1. The number of carbonyl (C=O) groups excluding carboxylic acids is 1.